The van der Waals surface area contributed by atoms with Gasteiger partial charge in [0.05, 0.1) is 24.7 Å². The maximum Gasteiger partial charge on any atom is 0.416 e. The van der Waals surface area contributed by atoms with E-state index in [-0.39, 0.29) is 23.8 Å². The first-order valence-electron chi connectivity index (χ1n) is 7.48. The van der Waals surface area contributed by atoms with Gasteiger partial charge in [-0.15, -0.1) is 0 Å². The quantitative estimate of drug-likeness (QED) is 0.542. The lowest BCUT2D eigenvalue weighted by Crippen LogP contribution is -2.12. The highest BCUT2D eigenvalue weighted by molar-refractivity contribution is 5.72. The van der Waals surface area contributed by atoms with Gasteiger partial charge in [-0.25, -0.2) is 0 Å². The third-order valence-electron chi connectivity index (χ3n) is 3.43. The van der Waals surface area contributed by atoms with E-state index in [1.807, 2.05) is 0 Å². The number of halogens is 6. The van der Waals surface area contributed by atoms with E-state index >= 15 is 0 Å². The van der Waals surface area contributed by atoms with Crippen molar-refractivity contribution in [3.05, 3.63) is 64.7 Å². The van der Waals surface area contributed by atoms with Crippen LogP contribution in [-0.2, 0) is 34.9 Å². The van der Waals surface area contributed by atoms with Crippen LogP contribution in [0, 0.1) is 6.07 Å². The predicted molar refractivity (Wildman–Crippen MR) is 81.8 cm³/mol. The molecule has 0 atom stereocenters. The summed E-state index contributed by atoms with van der Waals surface area (Å²) in [5.74, 6) is -0.460. The van der Waals surface area contributed by atoms with Gasteiger partial charge in [-0.1, -0.05) is 12.1 Å². The lowest BCUT2D eigenvalue weighted by Gasteiger charge is -2.14. The van der Waals surface area contributed by atoms with Gasteiger partial charge in [0.2, 0.25) is 0 Å². The number of carbonyl (C=O) groups is 1. The average molecular weight is 391 g/mol. The van der Waals surface area contributed by atoms with Crippen LogP contribution in [0.3, 0.4) is 0 Å². The molecule has 0 aliphatic heterocycles. The highest BCUT2D eigenvalue weighted by Crippen LogP contribution is 2.36. The smallest absolute Gasteiger partial charge is 0.416 e. The van der Waals surface area contributed by atoms with Crippen molar-refractivity contribution in [3.63, 3.8) is 0 Å². The zero-order chi connectivity index (χ0) is 20.2. The Labute approximate surface area is 150 Å². The van der Waals surface area contributed by atoms with E-state index < -0.39 is 36.1 Å². The van der Waals surface area contributed by atoms with Crippen LogP contribution in [0.15, 0.2) is 36.4 Å². The molecule has 0 aliphatic rings. The normalized spacial score (nSPS) is 12.0. The first kappa shape index (κ1) is 20.6. The van der Waals surface area contributed by atoms with Crippen LogP contribution in [0.2, 0.25) is 0 Å². The molecule has 2 aromatic rings. The van der Waals surface area contributed by atoms with Crippen molar-refractivity contribution in [2.45, 2.75) is 25.4 Å². The summed E-state index contributed by atoms with van der Waals surface area (Å²) < 4.78 is 86.8. The second-order valence-corrected chi connectivity index (χ2v) is 5.50. The van der Waals surface area contributed by atoms with Crippen molar-refractivity contribution in [1.82, 2.24) is 0 Å². The van der Waals surface area contributed by atoms with Crippen molar-refractivity contribution in [3.8, 4) is 5.75 Å². The zero-order valence-corrected chi connectivity index (χ0v) is 13.9. The molecule has 0 N–H and O–H groups in total. The van der Waals surface area contributed by atoms with E-state index in [1.54, 1.807) is 6.07 Å². The number of benzene rings is 2. The molecular formula is C18H13F6O3. The minimum atomic E-state index is -4.93. The summed E-state index contributed by atoms with van der Waals surface area (Å²) in [4.78, 5) is 11.2. The molecular weight excluding hydrogens is 378 g/mol. The number of hydrogen-bond donors (Lipinski definition) is 0. The Morgan fingerprint density at radius 2 is 1.59 bits per heavy atom. The predicted octanol–water partition coefficient (Wildman–Crippen LogP) is 4.82. The summed E-state index contributed by atoms with van der Waals surface area (Å²) in [6.07, 6.45) is -9.96. The van der Waals surface area contributed by atoms with Gasteiger partial charge in [0, 0.05) is 6.07 Å². The average Bonchev–Trinajstić information content (AvgIpc) is 2.58. The highest BCUT2D eigenvalue weighted by Gasteiger charge is 2.36. The van der Waals surface area contributed by atoms with Crippen LogP contribution in [-0.4, -0.2) is 13.1 Å². The Bertz CT molecular complexity index is 779. The molecule has 2 aromatic carbocycles. The van der Waals surface area contributed by atoms with Crippen LogP contribution in [0.4, 0.5) is 26.3 Å². The molecule has 0 aromatic heterocycles. The van der Waals surface area contributed by atoms with Gasteiger partial charge >= 0.3 is 18.3 Å². The SMILES string of the molecule is COC(=O)Cc1[c]c(OCc2cc(C(F)(F)F)cc(C(F)(F)F)c2)ccc1. The maximum absolute atomic E-state index is 12.8. The molecule has 145 valence electrons. The van der Waals surface area contributed by atoms with Crippen LogP contribution >= 0.6 is 0 Å². The molecule has 3 nitrogen and oxygen atoms in total. The minimum absolute atomic E-state index is 0.0482. The largest absolute Gasteiger partial charge is 0.488 e. The number of hydrogen-bond acceptors (Lipinski definition) is 3. The number of methoxy groups -OCH3 is 1. The van der Waals surface area contributed by atoms with Crippen LogP contribution in [0.25, 0.3) is 0 Å². The summed E-state index contributed by atoms with van der Waals surface area (Å²) in [5, 5.41) is 0. The van der Waals surface area contributed by atoms with Crippen LogP contribution in [0.5, 0.6) is 5.75 Å². The first-order chi connectivity index (χ1) is 12.5. The molecule has 0 saturated heterocycles. The second kappa shape index (κ2) is 7.89. The van der Waals surface area contributed by atoms with Gasteiger partial charge in [-0.3, -0.25) is 4.79 Å². The minimum Gasteiger partial charge on any atom is -0.488 e. The Hall–Kier alpha value is -2.71. The van der Waals surface area contributed by atoms with E-state index in [0.29, 0.717) is 17.7 Å². The molecule has 0 bridgehead atoms. The molecule has 0 aliphatic carbocycles. The van der Waals surface area contributed by atoms with Gasteiger partial charge in [-0.05, 0) is 35.4 Å². The Kier molecular flexibility index (Phi) is 6.02. The Morgan fingerprint density at radius 1 is 1.00 bits per heavy atom. The van der Waals surface area contributed by atoms with Crippen molar-refractivity contribution in [2.24, 2.45) is 0 Å². The van der Waals surface area contributed by atoms with E-state index in [2.05, 4.69) is 10.8 Å². The van der Waals surface area contributed by atoms with Gasteiger partial charge < -0.3 is 9.47 Å². The fourth-order valence-electron chi connectivity index (χ4n) is 2.17. The lowest BCUT2D eigenvalue weighted by atomic mass is 10.1. The van der Waals surface area contributed by atoms with Gasteiger partial charge in [0.1, 0.15) is 12.4 Å². The Balaban J connectivity index is 2.22. The molecule has 0 unspecified atom stereocenters. The molecule has 0 saturated carbocycles. The van der Waals surface area contributed by atoms with Crippen LogP contribution < -0.4 is 4.74 Å². The fourth-order valence-corrected chi connectivity index (χ4v) is 2.17. The van der Waals surface area contributed by atoms with Crippen molar-refractivity contribution >= 4 is 5.97 Å². The molecule has 0 fully saturated rings. The summed E-state index contributed by atoms with van der Waals surface area (Å²) >= 11 is 0. The van der Waals surface area contributed by atoms with Gasteiger partial charge in [0.25, 0.3) is 0 Å². The second-order valence-electron chi connectivity index (χ2n) is 5.50. The maximum atomic E-state index is 12.8. The monoisotopic (exact) mass is 391 g/mol. The van der Waals surface area contributed by atoms with E-state index in [9.17, 15) is 31.1 Å². The summed E-state index contributed by atoms with van der Waals surface area (Å²) in [6.45, 7) is -0.537. The van der Waals surface area contributed by atoms with Crippen molar-refractivity contribution < 1.29 is 40.6 Å². The topological polar surface area (TPSA) is 35.5 Å². The fraction of sp³-hybridized carbons (Fsp3) is 0.278. The highest BCUT2D eigenvalue weighted by atomic mass is 19.4. The van der Waals surface area contributed by atoms with Crippen LogP contribution in [0.1, 0.15) is 22.3 Å². The zero-order valence-electron chi connectivity index (χ0n) is 13.9. The Morgan fingerprint density at radius 3 is 2.11 bits per heavy atom. The van der Waals surface area contributed by atoms with E-state index in [4.69, 9.17) is 4.74 Å². The molecule has 27 heavy (non-hydrogen) atoms. The van der Waals surface area contributed by atoms with E-state index in [0.717, 1.165) is 0 Å². The number of carbonyl (C=O) groups excluding carboxylic acids is 1. The van der Waals surface area contributed by atoms with Gasteiger partial charge in [0.15, 0.2) is 0 Å². The van der Waals surface area contributed by atoms with Gasteiger partial charge in [-0.2, -0.15) is 26.3 Å². The molecule has 9 heteroatoms. The van der Waals surface area contributed by atoms with Crippen molar-refractivity contribution in [1.29, 1.82) is 0 Å². The number of esters is 1. The number of rotatable bonds is 5. The number of ether oxygens (including phenoxy) is 2. The number of alkyl halides is 6. The summed E-state index contributed by atoms with van der Waals surface area (Å²) in [5.41, 5.74) is -2.73. The van der Waals surface area contributed by atoms with E-state index in [1.165, 1.54) is 19.2 Å². The molecule has 0 heterocycles. The van der Waals surface area contributed by atoms with Crippen molar-refractivity contribution in [2.75, 3.05) is 7.11 Å². The lowest BCUT2D eigenvalue weighted by molar-refractivity contribution is -0.143. The molecule has 2 rings (SSSR count). The molecule has 0 spiro atoms. The molecule has 1 radical (unpaired) electrons. The molecule has 0 amide bonds. The first-order valence-corrected chi connectivity index (χ1v) is 7.48. The summed E-state index contributed by atoms with van der Waals surface area (Å²) in [7, 11) is 1.20. The summed E-state index contributed by atoms with van der Waals surface area (Å²) in [6, 6.07) is 8.41. The standard InChI is InChI=1S/C18H13F6O3/c1-26-16(25)8-11-3-2-4-15(7-11)27-10-12-5-13(17(19,20)21)9-14(6-12)18(22,23)24/h2-6,9H,8,10H2,1H3. The third-order valence-corrected chi connectivity index (χ3v) is 3.43. The third kappa shape index (κ3) is 5.90.